The Labute approximate surface area is 119 Å². The molecule has 2 aliphatic heterocycles. The van der Waals surface area contributed by atoms with Crippen molar-refractivity contribution in [2.45, 2.75) is 25.4 Å². The Morgan fingerprint density at radius 2 is 2.16 bits per heavy atom. The lowest BCUT2D eigenvalue weighted by Gasteiger charge is -2.23. The summed E-state index contributed by atoms with van der Waals surface area (Å²) in [5.74, 6) is 1.71. The van der Waals surface area contributed by atoms with Crippen LogP contribution in [-0.2, 0) is 11.3 Å². The average Bonchev–Trinajstić information content (AvgIpc) is 2.85. The number of amides is 1. The summed E-state index contributed by atoms with van der Waals surface area (Å²) in [7, 11) is 0. The molecule has 0 aromatic heterocycles. The van der Waals surface area contributed by atoms with Gasteiger partial charge in [0.1, 0.15) is 0 Å². The Hall–Kier alpha value is -1.27. The number of nitrogens with one attached hydrogen (secondary N) is 2. The third-order valence-electron chi connectivity index (χ3n) is 3.39. The van der Waals surface area contributed by atoms with Gasteiger partial charge < -0.3 is 20.1 Å². The molecule has 0 spiro atoms. The van der Waals surface area contributed by atoms with E-state index in [2.05, 4.69) is 26.6 Å². The lowest BCUT2D eigenvalue weighted by atomic mass is 10.1. The number of piperidine rings is 1. The van der Waals surface area contributed by atoms with Gasteiger partial charge >= 0.3 is 0 Å². The van der Waals surface area contributed by atoms with Gasteiger partial charge in [0, 0.05) is 30.0 Å². The topological polar surface area (TPSA) is 59.6 Å². The van der Waals surface area contributed by atoms with Crippen LogP contribution in [0.1, 0.15) is 18.4 Å². The molecule has 0 radical (unpaired) electrons. The summed E-state index contributed by atoms with van der Waals surface area (Å²) >= 11 is 3.54. The molecule has 102 valence electrons. The van der Waals surface area contributed by atoms with Crippen LogP contribution in [0.25, 0.3) is 0 Å². The van der Waals surface area contributed by atoms with Crippen molar-refractivity contribution >= 4 is 21.8 Å². The van der Waals surface area contributed by atoms with E-state index in [1.54, 1.807) is 0 Å². The summed E-state index contributed by atoms with van der Waals surface area (Å²) in [6.07, 6.45) is 1.48. The predicted molar refractivity (Wildman–Crippen MR) is 73.1 cm³/mol. The van der Waals surface area contributed by atoms with Gasteiger partial charge in [0.05, 0.1) is 0 Å². The number of carbonyl (C=O) groups is 1. The Morgan fingerprint density at radius 3 is 2.89 bits per heavy atom. The van der Waals surface area contributed by atoms with E-state index in [1.807, 2.05) is 12.1 Å². The molecular weight excluding hydrogens is 312 g/mol. The van der Waals surface area contributed by atoms with Gasteiger partial charge in [0.25, 0.3) is 0 Å². The molecule has 1 saturated heterocycles. The molecule has 19 heavy (non-hydrogen) atoms. The minimum Gasteiger partial charge on any atom is -0.454 e. The monoisotopic (exact) mass is 326 g/mol. The van der Waals surface area contributed by atoms with Crippen molar-refractivity contribution in [1.82, 2.24) is 10.6 Å². The molecule has 0 aliphatic carbocycles. The van der Waals surface area contributed by atoms with Crippen LogP contribution in [0, 0.1) is 0 Å². The first kappa shape index (κ1) is 12.7. The summed E-state index contributed by atoms with van der Waals surface area (Å²) in [4.78, 5) is 11.1. The number of benzene rings is 1. The first-order valence-electron chi connectivity index (χ1n) is 6.30. The standard InChI is InChI=1S/C13H15BrN2O3/c14-10-4-12-11(18-7-19-12)3-8(10)5-15-9-1-2-13(17)16-6-9/h3-4,9,15H,1-2,5-7H2,(H,16,17). The number of hydrogen-bond donors (Lipinski definition) is 2. The number of hydrogen-bond acceptors (Lipinski definition) is 4. The van der Waals surface area contributed by atoms with Crippen molar-refractivity contribution in [2.24, 2.45) is 0 Å². The van der Waals surface area contributed by atoms with E-state index in [0.29, 0.717) is 19.0 Å². The van der Waals surface area contributed by atoms with E-state index in [9.17, 15) is 4.79 Å². The highest BCUT2D eigenvalue weighted by molar-refractivity contribution is 9.10. The molecule has 0 bridgehead atoms. The fourth-order valence-corrected chi connectivity index (χ4v) is 2.72. The van der Waals surface area contributed by atoms with Crippen molar-refractivity contribution in [1.29, 1.82) is 0 Å². The van der Waals surface area contributed by atoms with Gasteiger partial charge in [-0.1, -0.05) is 15.9 Å². The third kappa shape index (κ3) is 2.84. The van der Waals surface area contributed by atoms with Gasteiger partial charge in [0.2, 0.25) is 12.7 Å². The largest absolute Gasteiger partial charge is 0.454 e. The second kappa shape index (κ2) is 5.38. The maximum Gasteiger partial charge on any atom is 0.231 e. The van der Waals surface area contributed by atoms with Gasteiger partial charge in [-0.25, -0.2) is 0 Å². The number of carbonyl (C=O) groups excluding carboxylic acids is 1. The second-order valence-electron chi connectivity index (χ2n) is 4.72. The van der Waals surface area contributed by atoms with E-state index in [1.165, 1.54) is 0 Å². The highest BCUT2D eigenvalue weighted by Crippen LogP contribution is 2.36. The van der Waals surface area contributed by atoms with Crippen molar-refractivity contribution in [3.63, 3.8) is 0 Å². The van der Waals surface area contributed by atoms with Crippen LogP contribution < -0.4 is 20.1 Å². The first-order chi connectivity index (χ1) is 9.22. The van der Waals surface area contributed by atoms with Crippen LogP contribution in [0.5, 0.6) is 11.5 Å². The molecule has 5 nitrogen and oxygen atoms in total. The smallest absolute Gasteiger partial charge is 0.231 e. The molecule has 1 amide bonds. The Morgan fingerprint density at radius 1 is 1.37 bits per heavy atom. The molecule has 2 aliphatic rings. The van der Waals surface area contributed by atoms with Crippen LogP contribution in [0.2, 0.25) is 0 Å². The highest BCUT2D eigenvalue weighted by atomic mass is 79.9. The molecular formula is C13H15BrN2O3. The summed E-state index contributed by atoms with van der Waals surface area (Å²) in [6, 6.07) is 4.25. The molecule has 1 unspecified atom stereocenters. The van der Waals surface area contributed by atoms with E-state index in [4.69, 9.17) is 9.47 Å². The Kier molecular flexibility index (Phi) is 3.61. The van der Waals surface area contributed by atoms with Crippen LogP contribution in [-0.4, -0.2) is 25.3 Å². The summed E-state index contributed by atoms with van der Waals surface area (Å²) in [5.41, 5.74) is 1.13. The van der Waals surface area contributed by atoms with E-state index in [0.717, 1.165) is 34.5 Å². The molecule has 2 heterocycles. The molecule has 3 rings (SSSR count). The number of ether oxygens (including phenoxy) is 2. The Bertz CT molecular complexity index is 497. The van der Waals surface area contributed by atoms with Gasteiger partial charge in [0.15, 0.2) is 11.5 Å². The highest BCUT2D eigenvalue weighted by Gasteiger charge is 2.19. The zero-order chi connectivity index (χ0) is 13.2. The fraction of sp³-hybridized carbons (Fsp3) is 0.462. The van der Waals surface area contributed by atoms with Crippen LogP contribution in [0.4, 0.5) is 0 Å². The molecule has 1 atom stereocenters. The SMILES string of the molecule is O=C1CCC(NCc2cc3c(cc2Br)OCO3)CN1. The van der Waals surface area contributed by atoms with Crippen LogP contribution in [0.3, 0.4) is 0 Å². The minimum atomic E-state index is 0.141. The summed E-state index contributed by atoms with van der Waals surface area (Å²) < 4.78 is 11.7. The van der Waals surface area contributed by atoms with Crippen molar-refractivity contribution in [3.8, 4) is 11.5 Å². The average molecular weight is 327 g/mol. The zero-order valence-electron chi connectivity index (χ0n) is 10.4. The Balaban J connectivity index is 1.62. The van der Waals surface area contributed by atoms with E-state index >= 15 is 0 Å². The normalized spacial score (nSPS) is 21.3. The van der Waals surface area contributed by atoms with Gasteiger partial charge in [-0.05, 0) is 24.1 Å². The van der Waals surface area contributed by atoms with E-state index < -0.39 is 0 Å². The molecule has 1 fully saturated rings. The maximum absolute atomic E-state index is 11.1. The van der Waals surface area contributed by atoms with Crippen molar-refractivity contribution in [2.75, 3.05) is 13.3 Å². The third-order valence-corrected chi connectivity index (χ3v) is 4.13. The summed E-state index contributed by atoms with van der Waals surface area (Å²) in [6.45, 7) is 1.71. The van der Waals surface area contributed by atoms with Gasteiger partial charge in [-0.3, -0.25) is 4.79 Å². The van der Waals surface area contributed by atoms with Crippen molar-refractivity contribution in [3.05, 3.63) is 22.2 Å². The molecule has 6 heteroatoms. The number of halogens is 1. The minimum absolute atomic E-state index is 0.141. The lowest BCUT2D eigenvalue weighted by molar-refractivity contribution is -0.122. The van der Waals surface area contributed by atoms with Gasteiger partial charge in [-0.2, -0.15) is 0 Å². The second-order valence-corrected chi connectivity index (χ2v) is 5.57. The molecule has 1 aromatic carbocycles. The number of fused-ring (bicyclic) bond motifs is 1. The molecule has 0 saturated carbocycles. The van der Waals surface area contributed by atoms with E-state index in [-0.39, 0.29) is 12.7 Å². The lowest BCUT2D eigenvalue weighted by Crippen LogP contribution is -2.45. The van der Waals surface area contributed by atoms with Crippen LogP contribution in [0.15, 0.2) is 16.6 Å². The maximum atomic E-state index is 11.1. The molecule has 2 N–H and O–H groups in total. The zero-order valence-corrected chi connectivity index (χ0v) is 12.0. The quantitative estimate of drug-likeness (QED) is 0.884. The summed E-state index contributed by atoms with van der Waals surface area (Å²) in [5, 5.41) is 6.32. The van der Waals surface area contributed by atoms with Crippen molar-refractivity contribution < 1.29 is 14.3 Å². The number of rotatable bonds is 3. The first-order valence-corrected chi connectivity index (χ1v) is 7.10. The predicted octanol–water partition coefficient (Wildman–Crippen LogP) is 1.55. The van der Waals surface area contributed by atoms with Gasteiger partial charge in [-0.15, -0.1) is 0 Å². The molecule has 1 aromatic rings. The van der Waals surface area contributed by atoms with Crippen LogP contribution >= 0.6 is 15.9 Å². The fourth-order valence-electron chi connectivity index (χ4n) is 2.26.